The van der Waals surface area contributed by atoms with Crippen molar-refractivity contribution in [3.63, 3.8) is 0 Å². The zero-order valence-corrected chi connectivity index (χ0v) is 15.0. The number of nitrogens with one attached hydrogen (secondary N) is 1. The van der Waals surface area contributed by atoms with Gasteiger partial charge in [0.2, 0.25) is 5.91 Å². The van der Waals surface area contributed by atoms with E-state index in [0.29, 0.717) is 25.6 Å². The third-order valence-electron chi connectivity index (χ3n) is 5.24. The summed E-state index contributed by atoms with van der Waals surface area (Å²) in [5, 5.41) is 2.96. The van der Waals surface area contributed by atoms with Crippen LogP contribution in [0, 0.1) is 11.8 Å². The molecule has 0 spiro atoms. The van der Waals surface area contributed by atoms with Crippen LogP contribution in [0.2, 0.25) is 0 Å². The highest BCUT2D eigenvalue weighted by molar-refractivity contribution is 5.80. The second-order valence-electron chi connectivity index (χ2n) is 7.75. The first-order chi connectivity index (χ1) is 11.4. The van der Waals surface area contributed by atoms with Crippen LogP contribution in [0.25, 0.3) is 0 Å². The monoisotopic (exact) mass is 338 g/mol. The lowest BCUT2D eigenvalue weighted by molar-refractivity contribution is -0.139. The van der Waals surface area contributed by atoms with E-state index in [0.717, 1.165) is 32.6 Å². The van der Waals surface area contributed by atoms with E-state index in [1.54, 1.807) is 0 Å². The smallest absolute Gasteiger partial charge is 0.317 e. The van der Waals surface area contributed by atoms with Crippen LogP contribution < -0.4 is 5.32 Å². The number of fused-ring (bicyclic) bond motifs is 2. The standard InChI is InChI=1S/C17H30N4O3/c1-12(2)9-18-17(23)21-10-13-8-14(15(11-21)24-13)16(22)20-6-4-19(3)5-7-20/h12-15H,4-11H2,1-3H3,(H,18,23)/t13-,14-,15-/m1/s1. The summed E-state index contributed by atoms with van der Waals surface area (Å²) in [4.78, 5) is 31.2. The third kappa shape index (κ3) is 3.83. The fourth-order valence-electron chi connectivity index (χ4n) is 3.75. The lowest BCUT2D eigenvalue weighted by Gasteiger charge is -2.36. The van der Waals surface area contributed by atoms with E-state index in [4.69, 9.17) is 4.74 Å². The number of urea groups is 1. The summed E-state index contributed by atoms with van der Waals surface area (Å²) < 4.78 is 5.97. The molecule has 3 atom stereocenters. The third-order valence-corrected chi connectivity index (χ3v) is 5.24. The number of likely N-dealkylation sites (N-methyl/N-ethyl adjacent to an activating group) is 1. The first-order valence-electron chi connectivity index (χ1n) is 9.09. The van der Waals surface area contributed by atoms with Gasteiger partial charge in [-0.25, -0.2) is 4.79 Å². The second-order valence-corrected chi connectivity index (χ2v) is 7.75. The molecule has 3 aliphatic rings. The molecule has 136 valence electrons. The minimum atomic E-state index is -0.152. The van der Waals surface area contributed by atoms with Crippen LogP contribution >= 0.6 is 0 Å². The number of nitrogens with zero attached hydrogens (tertiary/aromatic N) is 3. The van der Waals surface area contributed by atoms with Crippen molar-refractivity contribution in [2.24, 2.45) is 11.8 Å². The quantitative estimate of drug-likeness (QED) is 0.799. The zero-order valence-electron chi connectivity index (χ0n) is 15.0. The van der Waals surface area contributed by atoms with E-state index in [9.17, 15) is 9.59 Å². The average molecular weight is 338 g/mol. The number of carbonyl (C=O) groups excluding carboxylic acids is 2. The summed E-state index contributed by atoms with van der Waals surface area (Å²) in [6, 6.07) is -0.0327. The minimum Gasteiger partial charge on any atom is -0.370 e. The number of ether oxygens (including phenoxy) is 1. The molecule has 7 nitrogen and oxygen atoms in total. The van der Waals surface area contributed by atoms with Crippen LogP contribution in [0.4, 0.5) is 4.79 Å². The number of hydrogen-bond acceptors (Lipinski definition) is 4. The van der Waals surface area contributed by atoms with Crippen molar-refractivity contribution in [1.29, 1.82) is 0 Å². The van der Waals surface area contributed by atoms with Crippen molar-refractivity contribution in [3.8, 4) is 0 Å². The molecule has 0 aromatic carbocycles. The van der Waals surface area contributed by atoms with Gasteiger partial charge in [-0.15, -0.1) is 0 Å². The summed E-state index contributed by atoms with van der Waals surface area (Å²) in [5.74, 6) is 0.541. The van der Waals surface area contributed by atoms with Crippen LogP contribution in [0.15, 0.2) is 0 Å². The molecule has 0 aromatic rings. The van der Waals surface area contributed by atoms with E-state index in [2.05, 4.69) is 31.1 Å². The lowest BCUT2D eigenvalue weighted by Crippen LogP contribution is -2.53. The van der Waals surface area contributed by atoms with E-state index in [-0.39, 0.29) is 30.1 Å². The van der Waals surface area contributed by atoms with Gasteiger partial charge in [0.15, 0.2) is 0 Å². The highest BCUT2D eigenvalue weighted by atomic mass is 16.5. The predicted octanol–water partition coefficient (Wildman–Crippen LogP) is 0.215. The van der Waals surface area contributed by atoms with Crippen LogP contribution in [0.1, 0.15) is 20.3 Å². The number of rotatable bonds is 3. The minimum absolute atomic E-state index is 0.00466. The van der Waals surface area contributed by atoms with E-state index >= 15 is 0 Å². The molecule has 0 aliphatic carbocycles. The van der Waals surface area contributed by atoms with E-state index in [1.807, 2.05) is 9.80 Å². The molecular formula is C17H30N4O3. The van der Waals surface area contributed by atoms with Gasteiger partial charge in [-0.05, 0) is 19.4 Å². The first kappa shape index (κ1) is 17.5. The Morgan fingerprint density at radius 3 is 2.50 bits per heavy atom. The number of likely N-dealkylation sites (tertiary alicyclic amines) is 1. The van der Waals surface area contributed by atoms with E-state index < -0.39 is 0 Å². The van der Waals surface area contributed by atoms with Gasteiger partial charge >= 0.3 is 6.03 Å². The molecule has 3 amide bonds. The summed E-state index contributed by atoms with van der Waals surface area (Å²) in [6.45, 7) is 9.38. The molecule has 0 saturated carbocycles. The van der Waals surface area contributed by atoms with Gasteiger partial charge in [0.1, 0.15) is 0 Å². The maximum Gasteiger partial charge on any atom is 0.317 e. The topological polar surface area (TPSA) is 65.1 Å². The van der Waals surface area contributed by atoms with E-state index in [1.165, 1.54) is 0 Å². The Morgan fingerprint density at radius 1 is 1.12 bits per heavy atom. The fourth-order valence-corrected chi connectivity index (χ4v) is 3.75. The maximum absolute atomic E-state index is 12.8. The largest absolute Gasteiger partial charge is 0.370 e. The molecule has 3 saturated heterocycles. The molecule has 0 aromatic heterocycles. The fraction of sp³-hybridized carbons (Fsp3) is 0.882. The van der Waals surface area contributed by atoms with Crippen molar-refractivity contribution < 1.29 is 14.3 Å². The molecule has 3 heterocycles. The molecule has 24 heavy (non-hydrogen) atoms. The lowest BCUT2D eigenvalue weighted by atomic mass is 9.98. The summed E-state index contributed by atoms with van der Waals surface area (Å²) in [5.41, 5.74) is 0. The van der Waals surface area contributed by atoms with Gasteiger partial charge in [0.25, 0.3) is 0 Å². The molecule has 0 radical (unpaired) electrons. The second kappa shape index (κ2) is 7.27. The maximum atomic E-state index is 12.8. The van der Waals surface area contributed by atoms with Crippen molar-refractivity contribution in [2.45, 2.75) is 32.5 Å². The normalized spacial score (nSPS) is 30.8. The highest BCUT2D eigenvalue weighted by Crippen LogP contribution is 2.33. The van der Waals surface area contributed by atoms with Gasteiger partial charge < -0.3 is 24.8 Å². The molecular weight excluding hydrogens is 308 g/mol. The summed E-state index contributed by atoms with van der Waals surface area (Å²) in [7, 11) is 2.08. The van der Waals surface area contributed by atoms with Crippen LogP contribution in [-0.4, -0.2) is 91.7 Å². The number of hydrogen-bond donors (Lipinski definition) is 1. The molecule has 7 heteroatoms. The van der Waals surface area contributed by atoms with Crippen LogP contribution in [0.5, 0.6) is 0 Å². The van der Waals surface area contributed by atoms with Crippen molar-refractivity contribution >= 4 is 11.9 Å². The number of piperazine rings is 1. The summed E-state index contributed by atoms with van der Waals surface area (Å²) >= 11 is 0. The van der Waals surface area contributed by atoms with Gasteiger partial charge in [-0.1, -0.05) is 13.8 Å². The van der Waals surface area contributed by atoms with Crippen molar-refractivity contribution in [1.82, 2.24) is 20.0 Å². The number of carbonyl (C=O) groups is 2. The predicted molar refractivity (Wildman–Crippen MR) is 90.7 cm³/mol. The Hall–Kier alpha value is -1.34. The van der Waals surface area contributed by atoms with Gasteiger partial charge in [-0.3, -0.25) is 4.79 Å². The van der Waals surface area contributed by atoms with Gasteiger partial charge in [0.05, 0.1) is 18.1 Å². The SMILES string of the molecule is CC(C)CNC(=O)N1C[C@H]2C[C@@H](C(=O)N3CCN(C)CC3)[C@@H](C1)O2. The average Bonchev–Trinajstić information content (AvgIpc) is 2.86. The zero-order chi connectivity index (χ0) is 17.3. The molecule has 2 bridgehead atoms. The molecule has 3 rings (SSSR count). The van der Waals surface area contributed by atoms with Crippen LogP contribution in [-0.2, 0) is 9.53 Å². The molecule has 3 aliphatic heterocycles. The highest BCUT2D eigenvalue weighted by Gasteiger charge is 2.47. The number of amides is 3. The first-order valence-corrected chi connectivity index (χ1v) is 9.09. The van der Waals surface area contributed by atoms with Crippen molar-refractivity contribution in [3.05, 3.63) is 0 Å². The number of morpholine rings is 1. The Kier molecular flexibility index (Phi) is 5.30. The summed E-state index contributed by atoms with van der Waals surface area (Å²) in [6.07, 6.45) is 0.583. The van der Waals surface area contributed by atoms with Crippen molar-refractivity contribution in [2.75, 3.05) is 52.9 Å². The Balaban J connectivity index is 1.56. The Morgan fingerprint density at radius 2 is 1.83 bits per heavy atom. The molecule has 0 unspecified atom stereocenters. The van der Waals surface area contributed by atoms with Crippen LogP contribution in [0.3, 0.4) is 0 Å². The molecule has 3 fully saturated rings. The van der Waals surface area contributed by atoms with Gasteiger partial charge in [0, 0.05) is 45.8 Å². The van der Waals surface area contributed by atoms with Gasteiger partial charge in [-0.2, -0.15) is 0 Å². The Labute approximate surface area is 144 Å². The Bertz CT molecular complexity index is 476. The molecule has 1 N–H and O–H groups in total.